The maximum atomic E-state index is 14.0. The van der Waals surface area contributed by atoms with E-state index in [2.05, 4.69) is 10.6 Å². The van der Waals surface area contributed by atoms with Gasteiger partial charge in [0, 0.05) is 26.2 Å². The smallest absolute Gasteiger partial charge is 0.407 e. The number of amides is 1. The van der Waals surface area contributed by atoms with Crippen LogP contribution < -0.4 is 19.9 Å². The van der Waals surface area contributed by atoms with Gasteiger partial charge >= 0.3 is 19.7 Å². The summed E-state index contributed by atoms with van der Waals surface area (Å²) in [6.07, 6.45) is -3.05. The molecule has 2 aliphatic rings. The molecule has 61 heavy (non-hydrogen) atoms. The molecule has 16 nitrogen and oxygen atoms in total. The molecule has 0 aliphatic carbocycles. The maximum absolute atomic E-state index is 14.0. The Morgan fingerprint density at radius 2 is 1.66 bits per heavy atom. The molecule has 0 spiro atoms. The van der Waals surface area contributed by atoms with E-state index in [0.29, 0.717) is 31.1 Å². The van der Waals surface area contributed by atoms with Crippen molar-refractivity contribution in [3.63, 3.8) is 0 Å². The number of para-hydroxylation sites is 1. The Balaban J connectivity index is 1.26. The van der Waals surface area contributed by atoms with E-state index in [4.69, 9.17) is 32.7 Å². The predicted molar refractivity (Wildman–Crippen MR) is 227 cm³/mol. The first-order valence-corrected chi connectivity index (χ1v) is 23.9. The number of carbonyl (C=O) groups excluding carboxylic acids is 2. The lowest BCUT2D eigenvalue weighted by atomic mass is 10.00. The Morgan fingerprint density at radius 1 is 0.951 bits per heavy atom. The molecule has 18 heteroatoms. The van der Waals surface area contributed by atoms with E-state index >= 15 is 0 Å². The molecular weight excluding hydrogens is 830 g/mol. The van der Waals surface area contributed by atoms with Crippen molar-refractivity contribution in [1.82, 2.24) is 14.9 Å². The molecule has 0 bridgehead atoms. The van der Waals surface area contributed by atoms with Crippen molar-refractivity contribution < 1.29 is 60.4 Å². The second kappa shape index (κ2) is 22.9. The quantitative estimate of drug-likeness (QED) is 0.0578. The van der Waals surface area contributed by atoms with Crippen LogP contribution in [0.2, 0.25) is 0 Å². The number of rotatable bonds is 24. The number of benzene rings is 3. The minimum Gasteiger partial charge on any atom is -0.497 e. The number of nitrogens with zero attached hydrogens (tertiary/aromatic N) is 1. The van der Waals surface area contributed by atoms with Crippen LogP contribution in [0.1, 0.15) is 51.7 Å². The highest BCUT2D eigenvalue weighted by atomic mass is 32.2. The van der Waals surface area contributed by atoms with Gasteiger partial charge in [-0.3, -0.25) is 4.52 Å². The van der Waals surface area contributed by atoms with Crippen molar-refractivity contribution in [3.8, 4) is 11.5 Å². The third kappa shape index (κ3) is 14.0. The minimum absolute atomic E-state index is 0.0271. The van der Waals surface area contributed by atoms with E-state index in [9.17, 15) is 27.7 Å². The third-order valence-corrected chi connectivity index (χ3v) is 13.9. The van der Waals surface area contributed by atoms with Crippen LogP contribution in [0.3, 0.4) is 0 Å². The number of hydrogen-bond donors (Lipinski definition) is 3. The third-order valence-electron chi connectivity index (χ3n) is 10.2. The Labute approximate surface area is 359 Å². The van der Waals surface area contributed by atoms with E-state index in [0.717, 1.165) is 11.1 Å². The Bertz CT molecular complexity index is 1990. The summed E-state index contributed by atoms with van der Waals surface area (Å²) in [5.41, 5.74) is 1.64. The van der Waals surface area contributed by atoms with E-state index in [-0.39, 0.29) is 68.6 Å². The molecule has 0 saturated carbocycles. The van der Waals surface area contributed by atoms with Gasteiger partial charge in [-0.2, -0.15) is 4.31 Å². The van der Waals surface area contributed by atoms with Gasteiger partial charge < -0.3 is 43.9 Å². The first-order chi connectivity index (χ1) is 29.2. The minimum atomic E-state index is -4.05. The van der Waals surface area contributed by atoms with Crippen molar-refractivity contribution in [2.24, 2.45) is 11.8 Å². The monoisotopic (exact) mass is 889 g/mol. The van der Waals surface area contributed by atoms with Crippen molar-refractivity contribution in [3.05, 3.63) is 90.0 Å². The Morgan fingerprint density at radius 3 is 2.31 bits per heavy atom. The van der Waals surface area contributed by atoms with Gasteiger partial charge in [-0.05, 0) is 79.6 Å². The number of nitrogens with one attached hydrogen (secondary N) is 2. The van der Waals surface area contributed by atoms with Crippen LogP contribution in [0.4, 0.5) is 4.79 Å². The van der Waals surface area contributed by atoms with Gasteiger partial charge in [-0.15, -0.1) is 0 Å². The summed E-state index contributed by atoms with van der Waals surface area (Å²) in [5.74, 6) is 0.0749. The summed E-state index contributed by atoms with van der Waals surface area (Å²) in [6.45, 7) is 8.49. The molecule has 2 unspecified atom stereocenters. The van der Waals surface area contributed by atoms with Crippen LogP contribution in [0.25, 0.3) is 0 Å². The highest BCUT2D eigenvalue weighted by molar-refractivity contribution is 7.89. The molecule has 2 aliphatic heterocycles. The van der Waals surface area contributed by atoms with Gasteiger partial charge in [0.2, 0.25) is 10.0 Å². The summed E-state index contributed by atoms with van der Waals surface area (Å²) < 4.78 is 82.0. The van der Waals surface area contributed by atoms with Crippen molar-refractivity contribution in [2.75, 3.05) is 52.7 Å². The lowest BCUT2D eigenvalue weighted by Gasteiger charge is -2.31. The van der Waals surface area contributed by atoms with E-state index in [1.54, 1.807) is 56.3 Å². The van der Waals surface area contributed by atoms with Crippen LogP contribution in [-0.2, 0) is 55.8 Å². The second-order valence-corrected chi connectivity index (χ2v) is 19.4. The number of hydrogen-bond acceptors (Lipinski definition) is 14. The molecule has 2 heterocycles. The van der Waals surface area contributed by atoms with Crippen molar-refractivity contribution in [1.29, 1.82) is 0 Å². The Hall–Kier alpha value is -4.06. The van der Waals surface area contributed by atoms with Crippen LogP contribution in [0.5, 0.6) is 11.5 Å². The summed E-state index contributed by atoms with van der Waals surface area (Å²) in [4.78, 5) is 25.9. The standard InChI is InChI=1S/C43H60N3O13PS/c1-6-39(41(48)54-7-2)59-60(50,58-34-11-9-8-10-12-34)24-22-44-26-32-15-13-31(14-16-32)25-37(45-43(49)57-40-29-56-42-36(40)21-23-55-42)38(47)28-46(27-30(3)4)61(51,52)35-19-17-33(53-5)18-20-35/h8-20,30,36-40,42,44,47H,6-7,21-29H2,1-5H3,(H,45,49)/t36?,37-,38+,39-,40-,42+,60?/m0/s1. The van der Waals surface area contributed by atoms with E-state index < -0.39 is 60.3 Å². The van der Waals surface area contributed by atoms with Crippen molar-refractivity contribution in [2.45, 2.75) is 89.0 Å². The number of alkyl carbamates (subject to hydrolysis) is 1. The number of methoxy groups -OCH3 is 1. The number of aliphatic hydroxyl groups is 1. The van der Waals surface area contributed by atoms with Crippen LogP contribution in [-0.4, -0.2) is 113 Å². The molecule has 1 amide bonds. The number of carbonyl (C=O) groups is 2. The SMILES string of the molecule is CCOC(=O)[C@H](CC)OP(=O)(CCNCc1ccc(C[C@H](NC(=O)O[C@H]2CO[C@H]3OCCC32)[C@H](O)CN(CC(C)C)S(=O)(=O)c2ccc(OC)cc2)cc1)Oc1ccccc1. The molecular formula is C43H60N3O13PS. The van der Waals surface area contributed by atoms with Gasteiger partial charge in [0.15, 0.2) is 12.4 Å². The van der Waals surface area contributed by atoms with Gasteiger partial charge in [0.1, 0.15) is 17.6 Å². The highest BCUT2D eigenvalue weighted by Crippen LogP contribution is 2.49. The molecule has 3 aromatic carbocycles. The normalized spacial score (nSPS) is 20.0. The van der Waals surface area contributed by atoms with Crippen LogP contribution in [0, 0.1) is 11.8 Å². The average molecular weight is 890 g/mol. The van der Waals surface area contributed by atoms with E-state index in [1.807, 2.05) is 38.1 Å². The number of ether oxygens (including phenoxy) is 5. The second-order valence-electron chi connectivity index (χ2n) is 15.4. The number of aliphatic hydroxyl groups excluding tert-OH is 1. The molecule has 3 N–H and O–H groups in total. The summed E-state index contributed by atoms with van der Waals surface area (Å²) >= 11 is 0. The molecule has 2 fully saturated rings. The lowest BCUT2D eigenvalue weighted by Crippen LogP contribution is -2.51. The highest BCUT2D eigenvalue weighted by Gasteiger charge is 2.44. The number of esters is 1. The van der Waals surface area contributed by atoms with Gasteiger partial charge in [0.25, 0.3) is 0 Å². The maximum Gasteiger partial charge on any atom is 0.407 e. The zero-order valence-electron chi connectivity index (χ0n) is 35.5. The van der Waals surface area contributed by atoms with Gasteiger partial charge in [0.05, 0.1) is 56.1 Å². The van der Waals surface area contributed by atoms with E-state index in [1.165, 1.54) is 23.5 Å². The zero-order valence-corrected chi connectivity index (χ0v) is 37.2. The fraction of sp³-hybridized carbons (Fsp3) is 0.535. The Kier molecular flexibility index (Phi) is 18.0. The fourth-order valence-electron chi connectivity index (χ4n) is 7.04. The topological polar surface area (TPSA) is 197 Å². The van der Waals surface area contributed by atoms with Gasteiger partial charge in [-0.1, -0.05) is 63.2 Å². The van der Waals surface area contributed by atoms with Crippen molar-refractivity contribution >= 4 is 29.7 Å². The first kappa shape index (κ1) is 48.0. The number of sulfonamides is 1. The van der Waals surface area contributed by atoms with Crippen LogP contribution >= 0.6 is 7.60 Å². The van der Waals surface area contributed by atoms with Crippen LogP contribution in [0.15, 0.2) is 83.8 Å². The van der Waals surface area contributed by atoms with Gasteiger partial charge in [-0.25, -0.2) is 22.6 Å². The summed E-state index contributed by atoms with van der Waals surface area (Å²) in [6, 6.07) is 21.2. The summed E-state index contributed by atoms with van der Waals surface area (Å²) in [5, 5.41) is 17.9. The average Bonchev–Trinajstić information content (AvgIpc) is 3.87. The molecule has 7 atom stereocenters. The molecule has 5 rings (SSSR count). The molecule has 2 saturated heterocycles. The number of fused-ring (bicyclic) bond motifs is 1. The molecule has 3 aromatic rings. The molecule has 0 radical (unpaired) electrons. The predicted octanol–water partition coefficient (Wildman–Crippen LogP) is 5.52. The zero-order chi connectivity index (χ0) is 44.0. The summed E-state index contributed by atoms with van der Waals surface area (Å²) in [7, 11) is -6.37. The molecule has 0 aromatic heterocycles. The largest absolute Gasteiger partial charge is 0.497 e. The molecule has 336 valence electrons. The lowest BCUT2D eigenvalue weighted by molar-refractivity contribution is -0.151. The fourth-order valence-corrected chi connectivity index (χ4v) is 10.4. The first-order valence-electron chi connectivity index (χ1n) is 20.7.